The number of nitrogen functional groups attached to an aromatic ring is 1. The number of nitrogens with one attached hydrogen (secondary N) is 1. The number of carbonyl (C=O) groups is 1. The number of amides is 1. The fourth-order valence-corrected chi connectivity index (χ4v) is 4.17. The zero-order valence-corrected chi connectivity index (χ0v) is 18.6. The number of rotatable bonds is 4. The van der Waals surface area contributed by atoms with Crippen molar-refractivity contribution in [2.24, 2.45) is 0 Å². The molecule has 8 nitrogen and oxygen atoms in total. The molecular formula is C24H15F5N6O2. The van der Waals surface area contributed by atoms with Crippen molar-refractivity contribution in [3.63, 3.8) is 0 Å². The van der Waals surface area contributed by atoms with Crippen molar-refractivity contribution in [1.82, 2.24) is 19.7 Å². The molecular weight excluding hydrogens is 499 g/mol. The fraction of sp³-hybridized carbons (Fsp3) is 0.167. The zero-order chi connectivity index (χ0) is 26.1. The predicted molar refractivity (Wildman–Crippen MR) is 123 cm³/mol. The van der Waals surface area contributed by atoms with Gasteiger partial charge in [0.25, 0.3) is 5.91 Å². The van der Waals surface area contributed by atoms with Crippen molar-refractivity contribution < 1.29 is 31.2 Å². The number of anilines is 2. The largest absolute Gasteiger partial charge is 0.460 e. The number of carbonyl (C=O) groups excluding carboxylic acids is 1. The summed E-state index contributed by atoms with van der Waals surface area (Å²) in [4.78, 5) is 21.0. The second-order valence-corrected chi connectivity index (χ2v) is 8.58. The molecule has 0 spiro atoms. The Morgan fingerprint density at radius 3 is 2.65 bits per heavy atom. The summed E-state index contributed by atoms with van der Waals surface area (Å²) < 4.78 is 75.7. The predicted octanol–water partition coefficient (Wildman–Crippen LogP) is 5.71. The van der Waals surface area contributed by atoms with Crippen molar-refractivity contribution in [2.45, 2.75) is 25.1 Å². The summed E-state index contributed by atoms with van der Waals surface area (Å²) in [6.07, 6.45) is -0.710. The van der Waals surface area contributed by atoms with Crippen molar-refractivity contribution in [2.75, 3.05) is 11.1 Å². The Bertz CT molecular complexity index is 1720. The minimum atomic E-state index is -4.74. The van der Waals surface area contributed by atoms with Crippen LogP contribution in [0.25, 0.3) is 33.3 Å². The molecule has 1 fully saturated rings. The van der Waals surface area contributed by atoms with Crippen molar-refractivity contribution in [1.29, 1.82) is 0 Å². The number of nitrogens with zero attached hydrogens (tertiary/aromatic N) is 4. The molecule has 0 atom stereocenters. The molecule has 3 aromatic heterocycles. The van der Waals surface area contributed by atoms with E-state index in [0.717, 1.165) is 19.1 Å². The summed E-state index contributed by atoms with van der Waals surface area (Å²) in [6, 6.07) is 4.52. The van der Waals surface area contributed by atoms with E-state index in [1.165, 1.54) is 18.5 Å². The van der Waals surface area contributed by atoms with Gasteiger partial charge in [-0.15, -0.1) is 0 Å². The van der Waals surface area contributed by atoms with Crippen LogP contribution in [0, 0.1) is 11.6 Å². The van der Waals surface area contributed by atoms with Gasteiger partial charge in [0.2, 0.25) is 0 Å². The van der Waals surface area contributed by atoms with E-state index < -0.39 is 35.0 Å². The molecule has 1 saturated carbocycles. The van der Waals surface area contributed by atoms with E-state index in [4.69, 9.17) is 10.2 Å². The van der Waals surface area contributed by atoms with Crippen LogP contribution in [0.1, 0.15) is 34.8 Å². The Labute approximate surface area is 203 Å². The number of hydrogen-bond donors (Lipinski definition) is 2. The van der Waals surface area contributed by atoms with Crippen LogP contribution in [0.4, 0.5) is 33.5 Å². The normalized spacial score (nSPS) is 14.0. The molecule has 1 amide bonds. The lowest BCUT2D eigenvalue weighted by molar-refractivity contribution is -0.137. The molecule has 188 valence electrons. The van der Waals surface area contributed by atoms with Crippen LogP contribution in [0.3, 0.4) is 0 Å². The summed E-state index contributed by atoms with van der Waals surface area (Å²) in [5, 5.41) is 7.02. The maximum atomic E-state index is 15.7. The van der Waals surface area contributed by atoms with E-state index in [-0.39, 0.29) is 39.6 Å². The third-order valence-electron chi connectivity index (χ3n) is 6.13. The third kappa shape index (κ3) is 3.74. The van der Waals surface area contributed by atoms with Crippen LogP contribution >= 0.6 is 0 Å². The number of aromatic nitrogens is 4. The number of nitrogens with two attached hydrogens (primary N) is 1. The van der Waals surface area contributed by atoms with Gasteiger partial charge in [0, 0.05) is 10.9 Å². The van der Waals surface area contributed by atoms with Gasteiger partial charge in [-0.1, -0.05) is 0 Å². The van der Waals surface area contributed by atoms with Crippen LogP contribution in [-0.2, 0) is 6.18 Å². The molecule has 13 heteroatoms. The highest BCUT2D eigenvalue weighted by Crippen LogP contribution is 2.41. The molecule has 1 aliphatic carbocycles. The smallest absolute Gasteiger partial charge is 0.416 e. The monoisotopic (exact) mass is 514 g/mol. The van der Waals surface area contributed by atoms with E-state index in [9.17, 15) is 22.4 Å². The lowest BCUT2D eigenvalue weighted by Crippen LogP contribution is -2.14. The molecule has 0 saturated heterocycles. The number of alkyl halides is 3. The van der Waals surface area contributed by atoms with Gasteiger partial charge in [-0.3, -0.25) is 4.79 Å². The van der Waals surface area contributed by atoms with Crippen LogP contribution in [0.15, 0.2) is 47.3 Å². The van der Waals surface area contributed by atoms with Gasteiger partial charge in [-0.05, 0) is 43.2 Å². The maximum Gasteiger partial charge on any atom is 0.416 e. The highest BCUT2D eigenvalue weighted by molar-refractivity contribution is 6.13. The molecule has 0 radical (unpaired) electrons. The lowest BCUT2D eigenvalue weighted by Gasteiger charge is -2.10. The summed E-state index contributed by atoms with van der Waals surface area (Å²) in [7, 11) is 0. The number of fused-ring (bicyclic) bond motifs is 2. The van der Waals surface area contributed by atoms with Gasteiger partial charge in [-0.2, -0.15) is 18.3 Å². The number of hydrogen-bond acceptors (Lipinski definition) is 6. The number of furan rings is 1. The Morgan fingerprint density at radius 1 is 1.14 bits per heavy atom. The van der Waals surface area contributed by atoms with Gasteiger partial charge in [0.15, 0.2) is 17.0 Å². The first-order valence-corrected chi connectivity index (χ1v) is 11.0. The standard InChI is InChI=1S/C24H15F5N6O2/c25-15-6-1-10(24(27,28)29)7-16(15)33-23(36)14-8-37-20-12(14)4-5-13(18(20)26)19-17-21(30)31-9-32-22(17)35(34-19)11-2-3-11/h1,4-9,11H,2-3H2,(H,33,36)(H2,30,31,32). The van der Waals surface area contributed by atoms with Gasteiger partial charge in [0.1, 0.15) is 29.9 Å². The third-order valence-corrected chi connectivity index (χ3v) is 6.13. The van der Waals surface area contributed by atoms with Gasteiger partial charge in [-0.25, -0.2) is 23.4 Å². The summed E-state index contributed by atoms with van der Waals surface area (Å²) in [6.45, 7) is 0. The van der Waals surface area contributed by atoms with E-state index >= 15 is 4.39 Å². The second-order valence-electron chi connectivity index (χ2n) is 8.58. The summed E-state index contributed by atoms with van der Waals surface area (Å²) in [5.41, 5.74) is 4.43. The van der Waals surface area contributed by atoms with Crippen LogP contribution in [-0.4, -0.2) is 25.7 Å². The van der Waals surface area contributed by atoms with E-state index in [2.05, 4.69) is 20.4 Å². The van der Waals surface area contributed by atoms with Crippen LogP contribution in [0.5, 0.6) is 0 Å². The average Bonchev–Trinajstić information content (AvgIpc) is 3.47. The summed E-state index contributed by atoms with van der Waals surface area (Å²) >= 11 is 0. The van der Waals surface area contributed by atoms with Crippen molar-refractivity contribution in [3.05, 3.63) is 65.7 Å². The van der Waals surface area contributed by atoms with Crippen molar-refractivity contribution >= 4 is 39.4 Å². The molecule has 0 unspecified atom stereocenters. The molecule has 1 aliphatic rings. The molecule has 2 aromatic carbocycles. The van der Waals surface area contributed by atoms with E-state index in [1.54, 1.807) is 4.68 Å². The zero-order valence-electron chi connectivity index (χ0n) is 18.6. The minimum absolute atomic E-state index is 0.0290. The van der Waals surface area contributed by atoms with Gasteiger partial charge in [0.05, 0.1) is 28.2 Å². The van der Waals surface area contributed by atoms with Gasteiger partial charge < -0.3 is 15.5 Å². The first-order chi connectivity index (χ1) is 17.6. The Kier molecular flexibility index (Phi) is 4.94. The van der Waals surface area contributed by atoms with Crippen molar-refractivity contribution in [3.8, 4) is 11.3 Å². The topological polar surface area (TPSA) is 112 Å². The Balaban J connectivity index is 1.40. The highest BCUT2D eigenvalue weighted by atomic mass is 19.4. The minimum Gasteiger partial charge on any atom is -0.460 e. The quantitative estimate of drug-likeness (QED) is 0.298. The van der Waals surface area contributed by atoms with Crippen LogP contribution in [0.2, 0.25) is 0 Å². The molecule has 0 bridgehead atoms. The first kappa shape index (κ1) is 22.9. The highest BCUT2D eigenvalue weighted by Gasteiger charge is 2.32. The molecule has 37 heavy (non-hydrogen) atoms. The van der Waals surface area contributed by atoms with Gasteiger partial charge >= 0.3 is 6.18 Å². The number of benzene rings is 2. The second kappa shape index (κ2) is 7.98. The summed E-state index contributed by atoms with van der Waals surface area (Å²) in [5.74, 6) is -2.77. The van der Waals surface area contributed by atoms with E-state index in [0.29, 0.717) is 29.2 Å². The Morgan fingerprint density at radius 2 is 1.92 bits per heavy atom. The average molecular weight is 514 g/mol. The molecule has 3 N–H and O–H groups in total. The number of halogens is 5. The maximum absolute atomic E-state index is 15.7. The first-order valence-electron chi connectivity index (χ1n) is 11.0. The van der Waals surface area contributed by atoms with Crippen LogP contribution < -0.4 is 11.1 Å². The fourth-order valence-electron chi connectivity index (χ4n) is 4.17. The Hall–Kier alpha value is -4.55. The van der Waals surface area contributed by atoms with E-state index in [1.807, 2.05) is 0 Å². The molecule has 6 rings (SSSR count). The SMILES string of the molecule is Nc1ncnc2c1c(-c1ccc3c(C(=O)Nc4cc(C(F)(F)F)ccc4F)coc3c1F)nn2C1CC1. The lowest BCUT2D eigenvalue weighted by atomic mass is 10.0. The molecule has 3 heterocycles. The molecule has 5 aromatic rings. The molecule has 0 aliphatic heterocycles.